The molecule has 0 aliphatic rings. The summed E-state index contributed by atoms with van der Waals surface area (Å²) in [7, 11) is 0. The van der Waals surface area contributed by atoms with Crippen LogP contribution in [0.2, 0.25) is 0 Å². The number of ether oxygens (including phenoxy) is 2. The molecule has 0 saturated carbocycles. The Morgan fingerprint density at radius 1 is 0.756 bits per heavy atom. The highest BCUT2D eigenvalue weighted by Gasteiger charge is 2.11. The predicted octanol–water partition coefficient (Wildman–Crippen LogP) is 9.01. The summed E-state index contributed by atoms with van der Waals surface area (Å²) >= 11 is 0. The maximum absolute atomic E-state index is 12.6. The number of nitro groups is 1. The van der Waals surface area contributed by atoms with Crippen LogP contribution in [0.5, 0.6) is 11.5 Å². The van der Waals surface area contributed by atoms with Gasteiger partial charge >= 0.3 is 5.97 Å². The molecule has 0 atom stereocenters. The first kappa shape index (κ1) is 31.3. The van der Waals surface area contributed by atoms with Gasteiger partial charge in [0, 0.05) is 17.7 Å². The molecule has 0 aromatic heterocycles. The number of carbonyl (C=O) groups is 2. The summed E-state index contributed by atoms with van der Waals surface area (Å²) in [5, 5.41) is 10.9. The number of carbonyl (C=O) groups excluding carboxylic acids is 2. The molecule has 0 fully saturated rings. The van der Waals surface area contributed by atoms with Gasteiger partial charge < -0.3 is 9.47 Å². The third-order valence-corrected chi connectivity index (χ3v) is 6.69. The van der Waals surface area contributed by atoms with Crippen molar-refractivity contribution in [3.63, 3.8) is 0 Å². The van der Waals surface area contributed by atoms with E-state index >= 15 is 0 Å². The lowest BCUT2D eigenvalue weighted by molar-refractivity contribution is -0.384. The summed E-state index contributed by atoms with van der Waals surface area (Å²) in [6.45, 7) is 2.90. The average Bonchev–Trinajstić information content (AvgIpc) is 2.99. The molecule has 41 heavy (non-hydrogen) atoms. The number of hydrogen-bond donors (Lipinski definition) is 0. The molecule has 0 spiro atoms. The monoisotopic (exact) mass is 557 g/mol. The van der Waals surface area contributed by atoms with Gasteiger partial charge in [0.1, 0.15) is 11.5 Å². The molecular weight excluding hydrogens is 518 g/mol. The Labute approximate surface area is 242 Å². The lowest BCUT2D eigenvalue weighted by atomic mass is 10.1. The second-order valence-electron chi connectivity index (χ2n) is 10.0. The zero-order valence-corrected chi connectivity index (χ0v) is 23.8. The number of hydrogen-bond acceptors (Lipinski definition) is 6. The zero-order valence-electron chi connectivity index (χ0n) is 23.8. The van der Waals surface area contributed by atoms with Crippen molar-refractivity contribution in [3.05, 3.63) is 106 Å². The molecule has 0 saturated heterocycles. The Kier molecular flexibility index (Phi) is 13.3. The molecule has 0 N–H and O–H groups in total. The topological polar surface area (TPSA) is 95.7 Å². The molecule has 0 aliphatic carbocycles. The minimum atomic E-state index is -0.543. The van der Waals surface area contributed by atoms with E-state index in [1.807, 2.05) is 0 Å². The van der Waals surface area contributed by atoms with Crippen molar-refractivity contribution in [1.82, 2.24) is 0 Å². The van der Waals surface area contributed by atoms with Crippen LogP contribution in [-0.4, -0.2) is 23.3 Å². The molecule has 0 amide bonds. The summed E-state index contributed by atoms with van der Waals surface area (Å²) in [4.78, 5) is 35.5. The van der Waals surface area contributed by atoms with Crippen LogP contribution in [0.25, 0.3) is 6.08 Å². The van der Waals surface area contributed by atoms with Crippen LogP contribution in [0.15, 0.2) is 78.9 Å². The Morgan fingerprint density at radius 2 is 1.41 bits per heavy atom. The third-order valence-electron chi connectivity index (χ3n) is 6.69. The Balaban J connectivity index is 1.41. The molecule has 3 aromatic carbocycles. The van der Waals surface area contributed by atoms with Gasteiger partial charge in [-0.15, -0.1) is 0 Å². The average molecular weight is 558 g/mol. The van der Waals surface area contributed by atoms with Crippen LogP contribution >= 0.6 is 0 Å². The zero-order chi connectivity index (χ0) is 29.3. The second-order valence-corrected chi connectivity index (χ2v) is 10.0. The predicted molar refractivity (Wildman–Crippen MR) is 162 cm³/mol. The number of unbranched alkanes of at least 4 members (excludes halogenated alkanes) is 9. The van der Waals surface area contributed by atoms with E-state index in [1.54, 1.807) is 54.6 Å². The van der Waals surface area contributed by atoms with Crippen molar-refractivity contribution >= 4 is 23.5 Å². The number of non-ortho nitro benzene ring substituents is 1. The Morgan fingerprint density at radius 3 is 2.10 bits per heavy atom. The highest BCUT2D eigenvalue weighted by atomic mass is 16.6. The van der Waals surface area contributed by atoms with Gasteiger partial charge in [-0.1, -0.05) is 95.1 Å². The maximum Gasteiger partial charge on any atom is 0.343 e. The minimum absolute atomic E-state index is 0.146. The van der Waals surface area contributed by atoms with Gasteiger partial charge in [-0.2, -0.15) is 0 Å². The van der Waals surface area contributed by atoms with E-state index in [4.69, 9.17) is 9.47 Å². The molecule has 0 radical (unpaired) electrons. The van der Waals surface area contributed by atoms with Crippen LogP contribution in [0.4, 0.5) is 5.69 Å². The Hall–Kier alpha value is -4.26. The van der Waals surface area contributed by atoms with Crippen LogP contribution in [0, 0.1) is 10.1 Å². The lowest BCUT2D eigenvalue weighted by Crippen LogP contribution is -2.08. The number of esters is 1. The smallest absolute Gasteiger partial charge is 0.343 e. The van der Waals surface area contributed by atoms with Crippen molar-refractivity contribution in [2.24, 2.45) is 0 Å². The van der Waals surface area contributed by atoms with Crippen LogP contribution in [0.1, 0.15) is 97.4 Å². The van der Waals surface area contributed by atoms with Gasteiger partial charge in [0.25, 0.3) is 5.69 Å². The van der Waals surface area contributed by atoms with E-state index in [1.165, 1.54) is 81.7 Å². The van der Waals surface area contributed by atoms with Gasteiger partial charge in [0.15, 0.2) is 5.78 Å². The van der Waals surface area contributed by atoms with E-state index in [2.05, 4.69) is 6.92 Å². The summed E-state index contributed by atoms with van der Waals surface area (Å²) < 4.78 is 11.3. The number of nitro benzene ring substituents is 1. The minimum Gasteiger partial charge on any atom is -0.494 e. The number of nitrogens with zero attached hydrogens (tertiary/aromatic N) is 1. The van der Waals surface area contributed by atoms with Crippen molar-refractivity contribution in [1.29, 1.82) is 0 Å². The summed E-state index contributed by atoms with van der Waals surface area (Å²) in [5.41, 5.74) is 1.11. The molecule has 7 heteroatoms. The molecule has 216 valence electrons. The first-order valence-electron chi connectivity index (χ1n) is 14.5. The molecule has 0 bridgehead atoms. The van der Waals surface area contributed by atoms with Gasteiger partial charge in [0.05, 0.1) is 17.1 Å². The largest absolute Gasteiger partial charge is 0.494 e. The summed E-state index contributed by atoms with van der Waals surface area (Å²) in [6.07, 6.45) is 15.7. The first-order valence-corrected chi connectivity index (χ1v) is 14.5. The summed E-state index contributed by atoms with van der Waals surface area (Å²) in [5.74, 6) is 0.186. The highest BCUT2D eigenvalue weighted by molar-refractivity contribution is 6.07. The number of benzene rings is 3. The van der Waals surface area contributed by atoms with E-state index in [0.29, 0.717) is 23.5 Å². The molecule has 3 aromatic rings. The fourth-order valence-corrected chi connectivity index (χ4v) is 4.36. The van der Waals surface area contributed by atoms with Crippen molar-refractivity contribution in [2.45, 2.75) is 71.1 Å². The molecule has 3 rings (SSSR count). The van der Waals surface area contributed by atoms with Crippen molar-refractivity contribution < 1.29 is 24.0 Å². The van der Waals surface area contributed by atoms with Crippen LogP contribution < -0.4 is 9.47 Å². The Bertz CT molecular complexity index is 1300. The van der Waals surface area contributed by atoms with Crippen LogP contribution in [-0.2, 0) is 0 Å². The van der Waals surface area contributed by atoms with E-state index in [0.717, 1.165) is 18.6 Å². The van der Waals surface area contributed by atoms with Crippen molar-refractivity contribution in [2.75, 3.05) is 6.61 Å². The first-order chi connectivity index (χ1) is 20.0. The standard InChI is InChI=1S/C34H39NO6/c1-2-3-4-5-6-7-8-9-10-11-24-40-31-21-19-28(20-22-31)34(37)41-32-17-12-14-27(25-32)18-23-33(36)29-15-13-16-30(26-29)35(38)39/h12-23,25-26H,2-11,24H2,1H3/b23-18+. The fourth-order valence-electron chi connectivity index (χ4n) is 4.36. The third kappa shape index (κ3) is 11.4. The molecule has 0 aliphatic heterocycles. The van der Waals surface area contributed by atoms with E-state index in [9.17, 15) is 19.7 Å². The van der Waals surface area contributed by atoms with Gasteiger partial charge in [-0.3, -0.25) is 14.9 Å². The second kappa shape index (κ2) is 17.4. The van der Waals surface area contributed by atoms with Gasteiger partial charge in [-0.25, -0.2) is 4.79 Å². The SMILES string of the molecule is CCCCCCCCCCCCOc1ccc(C(=O)Oc2cccc(/C=C/C(=O)c3cccc([N+](=O)[O-])c3)c2)cc1. The summed E-state index contributed by atoms with van der Waals surface area (Å²) in [6, 6.07) is 19.2. The van der Waals surface area contributed by atoms with Crippen molar-refractivity contribution in [3.8, 4) is 11.5 Å². The van der Waals surface area contributed by atoms with E-state index in [-0.39, 0.29) is 17.0 Å². The number of rotatable bonds is 18. The normalized spacial score (nSPS) is 11.0. The fraction of sp³-hybridized carbons (Fsp3) is 0.353. The van der Waals surface area contributed by atoms with E-state index < -0.39 is 10.9 Å². The quantitative estimate of drug-likeness (QED) is 0.0294. The molecule has 0 unspecified atom stereocenters. The lowest BCUT2D eigenvalue weighted by Gasteiger charge is -2.08. The molecule has 7 nitrogen and oxygen atoms in total. The maximum atomic E-state index is 12.6. The van der Waals surface area contributed by atoms with Gasteiger partial charge in [0.2, 0.25) is 0 Å². The molecular formula is C34H39NO6. The highest BCUT2D eigenvalue weighted by Crippen LogP contribution is 2.20. The van der Waals surface area contributed by atoms with Gasteiger partial charge in [-0.05, 0) is 54.5 Å². The number of ketones is 1. The molecule has 0 heterocycles. The van der Waals surface area contributed by atoms with Crippen LogP contribution in [0.3, 0.4) is 0 Å². The number of allylic oxidation sites excluding steroid dienone is 1.